The van der Waals surface area contributed by atoms with Gasteiger partial charge in [-0.25, -0.2) is 8.42 Å². The summed E-state index contributed by atoms with van der Waals surface area (Å²) in [4.78, 5) is 0.233. The fourth-order valence-corrected chi connectivity index (χ4v) is 3.31. The van der Waals surface area contributed by atoms with Crippen molar-refractivity contribution in [2.75, 3.05) is 32.2 Å². The first-order valence-electron chi connectivity index (χ1n) is 7.00. The number of sulfone groups is 1. The summed E-state index contributed by atoms with van der Waals surface area (Å²) in [6.45, 7) is 2.31. The van der Waals surface area contributed by atoms with Crippen LogP contribution in [0.3, 0.4) is 0 Å². The van der Waals surface area contributed by atoms with Gasteiger partial charge in [0, 0.05) is 19.8 Å². The van der Waals surface area contributed by atoms with Crippen LogP contribution in [0.2, 0.25) is 0 Å². The highest BCUT2D eigenvalue weighted by atomic mass is 32.2. The second-order valence-electron chi connectivity index (χ2n) is 5.09. The van der Waals surface area contributed by atoms with Crippen molar-refractivity contribution in [3.8, 4) is 6.07 Å². The van der Waals surface area contributed by atoms with Gasteiger partial charge in [0.2, 0.25) is 0 Å². The fraction of sp³-hybridized carbons (Fsp3) is 0.533. The van der Waals surface area contributed by atoms with Crippen molar-refractivity contribution in [2.45, 2.75) is 17.7 Å². The van der Waals surface area contributed by atoms with Gasteiger partial charge in [0.15, 0.2) is 9.84 Å². The maximum atomic E-state index is 12.1. The van der Waals surface area contributed by atoms with Gasteiger partial charge in [-0.15, -0.1) is 0 Å². The van der Waals surface area contributed by atoms with Crippen molar-refractivity contribution in [3.05, 3.63) is 29.8 Å². The molecule has 114 valence electrons. The molecule has 1 aromatic rings. The molecule has 2 rings (SSSR count). The summed E-state index contributed by atoms with van der Waals surface area (Å²) in [7, 11) is -3.35. The minimum Gasteiger partial charge on any atom is -0.381 e. The average Bonchev–Trinajstić information content (AvgIpc) is 2.53. The van der Waals surface area contributed by atoms with Crippen LogP contribution in [-0.2, 0) is 19.3 Å². The van der Waals surface area contributed by atoms with Crippen molar-refractivity contribution < 1.29 is 17.9 Å². The van der Waals surface area contributed by atoms with Crippen LogP contribution in [0.5, 0.6) is 0 Å². The number of hydrogen-bond acceptors (Lipinski definition) is 5. The van der Waals surface area contributed by atoms with Crippen molar-refractivity contribution in [1.29, 1.82) is 5.26 Å². The lowest BCUT2D eigenvalue weighted by Gasteiger charge is -2.21. The predicted molar refractivity (Wildman–Crippen MR) is 77.6 cm³/mol. The number of ether oxygens (including phenoxy) is 2. The largest absolute Gasteiger partial charge is 0.381 e. The van der Waals surface area contributed by atoms with E-state index in [1.54, 1.807) is 0 Å². The Labute approximate surface area is 125 Å². The highest BCUT2D eigenvalue weighted by molar-refractivity contribution is 7.91. The van der Waals surface area contributed by atoms with E-state index in [0.717, 1.165) is 26.1 Å². The molecule has 1 aliphatic heterocycles. The molecule has 5 nitrogen and oxygen atoms in total. The lowest BCUT2D eigenvalue weighted by molar-refractivity contribution is 0.0242. The highest BCUT2D eigenvalue weighted by Gasteiger charge is 2.16. The monoisotopic (exact) mass is 309 g/mol. The molecule has 0 radical (unpaired) electrons. The van der Waals surface area contributed by atoms with Gasteiger partial charge in [-0.3, -0.25) is 0 Å². The number of hydrogen-bond donors (Lipinski definition) is 0. The SMILES string of the molecule is N#Cc1ccc(S(=O)(=O)CCOCC2CCOCC2)cc1. The van der Waals surface area contributed by atoms with Crippen LogP contribution in [-0.4, -0.2) is 40.6 Å². The molecule has 6 heteroatoms. The van der Waals surface area contributed by atoms with Crippen LogP contribution in [0.25, 0.3) is 0 Å². The van der Waals surface area contributed by atoms with Gasteiger partial charge in [-0.1, -0.05) is 0 Å². The molecule has 21 heavy (non-hydrogen) atoms. The zero-order chi connectivity index (χ0) is 15.1. The van der Waals surface area contributed by atoms with E-state index in [1.807, 2.05) is 6.07 Å². The molecular weight excluding hydrogens is 290 g/mol. The molecule has 0 unspecified atom stereocenters. The Morgan fingerprint density at radius 3 is 2.52 bits per heavy atom. The second-order valence-corrected chi connectivity index (χ2v) is 7.19. The molecule has 0 aromatic heterocycles. The molecule has 0 amide bonds. The quantitative estimate of drug-likeness (QED) is 0.749. The molecule has 0 spiro atoms. The van der Waals surface area contributed by atoms with E-state index in [-0.39, 0.29) is 17.3 Å². The summed E-state index contributed by atoms with van der Waals surface area (Å²) < 4.78 is 35.0. The van der Waals surface area contributed by atoms with Crippen molar-refractivity contribution >= 4 is 9.84 Å². The number of nitrogens with zero attached hydrogens (tertiary/aromatic N) is 1. The molecule has 0 N–H and O–H groups in total. The Bertz CT molecular complexity index is 583. The summed E-state index contributed by atoms with van der Waals surface area (Å²) in [6, 6.07) is 7.91. The van der Waals surface area contributed by atoms with Gasteiger partial charge in [0.1, 0.15) is 0 Å². The number of benzene rings is 1. The Morgan fingerprint density at radius 1 is 1.24 bits per heavy atom. The van der Waals surface area contributed by atoms with Crippen LogP contribution in [0.1, 0.15) is 18.4 Å². The first-order chi connectivity index (χ1) is 10.1. The van der Waals surface area contributed by atoms with Gasteiger partial charge in [-0.2, -0.15) is 5.26 Å². The zero-order valence-corrected chi connectivity index (χ0v) is 12.6. The van der Waals surface area contributed by atoms with Gasteiger partial charge >= 0.3 is 0 Å². The maximum Gasteiger partial charge on any atom is 0.180 e. The van der Waals surface area contributed by atoms with Crippen molar-refractivity contribution in [1.82, 2.24) is 0 Å². The van der Waals surface area contributed by atoms with Gasteiger partial charge < -0.3 is 9.47 Å². The third-order valence-corrected chi connectivity index (χ3v) is 5.23. The highest BCUT2D eigenvalue weighted by Crippen LogP contribution is 2.15. The fourth-order valence-electron chi connectivity index (χ4n) is 2.19. The predicted octanol–water partition coefficient (Wildman–Crippen LogP) is 1.78. The molecular formula is C15H19NO4S. The first-order valence-corrected chi connectivity index (χ1v) is 8.65. The van der Waals surface area contributed by atoms with Gasteiger partial charge in [-0.05, 0) is 43.0 Å². The van der Waals surface area contributed by atoms with Crippen LogP contribution in [0.15, 0.2) is 29.2 Å². The summed E-state index contributed by atoms with van der Waals surface area (Å²) in [6.07, 6.45) is 1.95. The van der Waals surface area contributed by atoms with E-state index in [0.29, 0.717) is 18.1 Å². The maximum absolute atomic E-state index is 12.1. The molecule has 1 aromatic carbocycles. The molecule has 0 aliphatic carbocycles. The smallest absolute Gasteiger partial charge is 0.180 e. The van der Waals surface area contributed by atoms with Gasteiger partial charge in [0.05, 0.1) is 28.9 Å². The minimum atomic E-state index is -3.35. The third-order valence-electron chi connectivity index (χ3n) is 3.53. The summed E-state index contributed by atoms with van der Waals surface area (Å²) in [5.41, 5.74) is 0.449. The molecule has 1 aliphatic rings. The van der Waals surface area contributed by atoms with Crippen LogP contribution in [0.4, 0.5) is 0 Å². The topological polar surface area (TPSA) is 76.4 Å². The number of nitriles is 1. The lowest BCUT2D eigenvalue weighted by Crippen LogP contribution is -2.22. The molecule has 0 atom stereocenters. The first kappa shape index (κ1) is 16.0. The Balaban J connectivity index is 1.79. The van der Waals surface area contributed by atoms with E-state index in [9.17, 15) is 8.42 Å². The summed E-state index contributed by atoms with van der Waals surface area (Å²) in [5.74, 6) is 0.429. The molecule has 0 bridgehead atoms. The lowest BCUT2D eigenvalue weighted by atomic mass is 10.0. The van der Waals surface area contributed by atoms with E-state index in [1.165, 1.54) is 24.3 Å². The minimum absolute atomic E-state index is 0.0396. The summed E-state index contributed by atoms with van der Waals surface area (Å²) >= 11 is 0. The Kier molecular flexibility index (Phi) is 5.74. The summed E-state index contributed by atoms with van der Waals surface area (Å²) in [5, 5.41) is 8.70. The standard InChI is InChI=1S/C15H19NO4S/c16-11-13-1-3-15(4-2-13)21(17,18)10-9-20-12-14-5-7-19-8-6-14/h1-4,14H,5-10,12H2. The average molecular weight is 309 g/mol. The van der Waals surface area contributed by atoms with Crippen molar-refractivity contribution in [2.24, 2.45) is 5.92 Å². The Hall–Kier alpha value is -1.42. The molecule has 1 fully saturated rings. The normalized spacial score (nSPS) is 16.5. The molecule has 1 heterocycles. The van der Waals surface area contributed by atoms with Crippen LogP contribution >= 0.6 is 0 Å². The van der Waals surface area contributed by atoms with Crippen LogP contribution < -0.4 is 0 Å². The molecule has 1 saturated heterocycles. The van der Waals surface area contributed by atoms with Crippen LogP contribution in [0, 0.1) is 17.2 Å². The third kappa shape index (κ3) is 4.81. The molecule has 0 saturated carbocycles. The number of rotatable bonds is 6. The van der Waals surface area contributed by atoms with E-state index in [4.69, 9.17) is 14.7 Å². The second kappa shape index (κ2) is 7.55. The van der Waals surface area contributed by atoms with Crippen molar-refractivity contribution in [3.63, 3.8) is 0 Å². The Morgan fingerprint density at radius 2 is 1.90 bits per heavy atom. The van der Waals surface area contributed by atoms with E-state index < -0.39 is 9.84 Å². The van der Waals surface area contributed by atoms with E-state index in [2.05, 4.69) is 0 Å². The van der Waals surface area contributed by atoms with Gasteiger partial charge in [0.25, 0.3) is 0 Å². The van der Waals surface area contributed by atoms with E-state index >= 15 is 0 Å². The zero-order valence-electron chi connectivity index (χ0n) is 11.8.